The van der Waals surface area contributed by atoms with Crippen LogP contribution in [0.15, 0.2) is 26.2 Å². The van der Waals surface area contributed by atoms with E-state index in [0.717, 1.165) is 11.3 Å². The monoisotopic (exact) mass is 441 g/mol. The number of aliphatic hydroxyl groups is 1. The second kappa shape index (κ2) is 8.59. The first-order valence-corrected chi connectivity index (χ1v) is 11.8. The molecule has 1 amide bonds. The number of nitrogens with two attached hydrogens (primary N) is 1. The number of amides is 1. The van der Waals surface area contributed by atoms with Gasteiger partial charge in [0.05, 0.1) is 18.2 Å². The number of hydrogen-bond donors (Lipinski definition) is 2. The van der Waals surface area contributed by atoms with Gasteiger partial charge in [-0.05, 0) is 53.8 Å². The molecule has 0 aliphatic heterocycles. The van der Waals surface area contributed by atoms with E-state index in [1.807, 2.05) is 27.7 Å². The van der Waals surface area contributed by atoms with Crippen molar-refractivity contribution in [1.82, 2.24) is 4.98 Å². The van der Waals surface area contributed by atoms with Gasteiger partial charge >= 0.3 is 0 Å². The molecule has 2 heterocycles. The summed E-state index contributed by atoms with van der Waals surface area (Å²) < 4.78 is 31.2. The largest absolute Gasteiger partial charge is 0.386 e. The normalized spacial score (nSPS) is 14.3. The third-order valence-corrected chi connectivity index (χ3v) is 7.36. The Morgan fingerprint density at radius 2 is 1.97 bits per heavy atom. The Labute approximate surface area is 175 Å². The molecular formula is C20H28FN3O3S2. The topological polar surface area (TPSA) is 106 Å². The number of nitrogens with zero attached hydrogens (tertiary/aromatic N) is 2. The lowest BCUT2D eigenvalue weighted by atomic mass is 9.90. The molecule has 0 fully saturated rings. The molecule has 9 heteroatoms. The van der Waals surface area contributed by atoms with Gasteiger partial charge in [0.15, 0.2) is 9.92 Å². The van der Waals surface area contributed by atoms with Crippen molar-refractivity contribution in [3.63, 3.8) is 0 Å². The number of pyridine rings is 1. The second-order valence-corrected chi connectivity index (χ2v) is 11.1. The lowest BCUT2D eigenvalue weighted by Crippen LogP contribution is -2.17. The van der Waals surface area contributed by atoms with Crippen molar-refractivity contribution in [1.29, 1.82) is 0 Å². The summed E-state index contributed by atoms with van der Waals surface area (Å²) in [7, 11) is -3.48. The van der Waals surface area contributed by atoms with Crippen LogP contribution in [0.2, 0.25) is 0 Å². The molecule has 6 nitrogen and oxygen atoms in total. The quantitative estimate of drug-likeness (QED) is 0.700. The Hall–Kier alpha value is -1.68. The molecule has 1 atom stereocenters. The maximum atomic E-state index is 14.4. The summed E-state index contributed by atoms with van der Waals surface area (Å²) in [5.74, 6) is -1.36. The zero-order valence-corrected chi connectivity index (χ0v) is 19.2. The first-order valence-electron chi connectivity index (χ1n) is 9.30. The summed E-state index contributed by atoms with van der Waals surface area (Å²) in [6.07, 6.45) is 0.940. The van der Waals surface area contributed by atoms with Crippen LogP contribution in [0, 0.1) is 5.82 Å². The lowest BCUT2D eigenvalue weighted by Gasteiger charge is -2.18. The van der Waals surface area contributed by atoms with E-state index in [2.05, 4.69) is 9.35 Å². The molecule has 2 aromatic rings. The number of aromatic nitrogens is 1. The summed E-state index contributed by atoms with van der Waals surface area (Å²) in [4.78, 5) is 16.8. The van der Waals surface area contributed by atoms with Gasteiger partial charge in [-0.3, -0.25) is 9.78 Å². The Balaban J connectivity index is 2.46. The predicted molar refractivity (Wildman–Crippen MR) is 114 cm³/mol. The highest BCUT2D eigenvalue weighted by Gasteiger charge is 2.24. The van der Waals surface area contributed by atoms with E-state index in [-0.39, 0.29) is 22.5 Å². The Kier molecular flexibility index (Phi) is 6.99. The van der Waals surface area contributed by atoms with E-state index < -0.39 is 27.2 Å². The number of hydrogen-bond acceptors (Lipinski definition) is 5. The van der Waals surface area contributed by atoms with Crippen molar-refractivity contribution < 1.29 is 18.5 Å². The first kappa shape index (κ1) is 23.6. The molecule has 0 aromatic carbocycles. The maximum absolute atomic E-state index is 14.4. The smallest absolute Gasteiger partial charge is 0.259 e. The summed E-state index contributed by atoms with van der Waals surface area (Å²) in [6, 6.07) is 1.49. The van der Waals surface area contributed by atoms with E-state index >= 15 is 0 Å². The maximum Gasteiger partial charge on any atom is 0.259 e. The van der Waals surface area contributed by atoms with Crippen LogP contribution in [0.3, 0.4) is 0 Å². The van der Waals surface area contributed by atoms with Crippen molar-refractivity contribution in [2.45, 2.75) is 69.6 Å². The van der Waals surface area contributed by atoms with E-state index in [4.69, 9.17) is 5.14 Å². The molecule has 0 saturated heterocycles. The van der Waals surface area contributed by atoms with Crippen LogP contribution < -0.4 is 5.14 Å². The van der Waals surface area contributed by atoms with Crippen LogP contribution in [0.5, 0.6) is 0 Å². The molecule has 0 aliphatic carbocycles. The highest BCUT2D eigenvalue weighted by atomic mass is 32.2. The molecule has 2 rings (SSSR count). The van der Waals surface area contributed by atoms with Gasteiger partial charge in [0, 0.05) is 5.69 Å². The molecule has 0 unspecified atom stereocenters. The summed E-state index contributed by atoms with van der Waals surface area (Å²) in [6.45, 7) is 10.7. The van der Waals surface area contributed by atoms with E-state index in [1.165, 1.54) is 12.3 Å². The van der Waals surface area contributed by atoms with E-state index in [9.17, 15) is 18.5 Å². The van der Waals surface area contributed by atoms with E-state index in [0.29, 0.717) is 22.4 Å². The Morgan fingerprint density at radius 1 is 1.34 bits per heavy atom. The highest BCUT2D eigenvalue weighted by molar-refractivity contribution is 7.93. The zero-order chi connectivity index (χ0) is 22.1. The van der Waals surface area contributed by atoms with Crippen molar-refractivity contribution in [2.24, 2.45) is 9.50 Å². The number of rotatable bonds is 6. The van der Waals surface area contributed by atoms with Crippen molar-refractivity contribution in [3.05, 3.63) is 45.8 Å². The molecule has 3 N–H and O–H groups in total. The van der Waals surface area contributed by atoms with Gasteiger partial charge in [0.1, 0.15) is 10.0 Å². The molecule has 2 aromatic heterocycles. The van der Waals surface area contributed by atoms with Crippen LogP contribution in [0.1, 0.15) is 75.8 Å². The molecule has 29 heavy (non-hydrogen) atoms. The van der Waals surface area contributed by atoms with Crippen molar-refractivity contribution in [2.75, 3.05) is 0 Å². The molecule has 0 radical (unpaired) electrons. The SMILES string of the molecule is CC(C)c1ncc(F)c(C(C)C)c1CC(=O)N=[S@@](N)(=O)c1cc(C(C)(C)O)cs1. The number of carbonyl (C=O) groups is 1. The molecule has 0 bridgehead atoms. The summed E-state index contributed by atoms with van der Waals surface area (Å²) in [5, 5.41) is 17.6. The van der Waals surface area contributed by atoms with E-state index in [1.54, 1.807) is 19.2 Å². The molecule has 0 saturated carbocycles. The Bertz CT molecular complexity index is 1030. The molecule has 0 aliphatic rings. The van der Waals surface area contributed by atoms with Gasteiger partial charge in [-0.2, -0.15) is 0 Å². The lowest BCUT2D eigenvalue weighted by molar-refractivity contribution is -0.117. The minimum Gasteiger partial charge on any atom is -0.386 e. The first-order chi connectivity index (χ1) is 13.2. The van der Waals surface area contributed by atoms with Gasteiger partial charge in [0.25, 0.3) is 5.91 Å². The molecule has 160 valence electrons. The average Bonchev–Trinajstić information content (AvgIpc) is 3.04. The number of halogens is 1. The standard InChI is InChI=1S/C20H28FN3O3S2/c1-11(2)18-14(19(12(3)4)23-9-15(18)21)8-16(25)24-29(22,27)17-7-13(10-28-17)20(5,6)26/h7,9-12,26H,8H2,1-6H3,(H2,22,24,25,27)/t29-/m1/s1. The minimum atomic E-state index is -3.48. The van der Waals surface area contributed by atoms with Crippen LogP contribution in [-0.4, -0.2) is 20.2 Å². The van der Waals surface area contributed by atoms with Crippen LogP contribution in [-0.2, 0) is 26.7 Å². The van der Waals surface area contributed by atoms with Crippen LogP contribution in [0.4, 0.5) is 4.39 Å². The minimum absolute atomic E-state index is 0.0234. The Morgan fingerprint density at radius 3 is 2.45 bits per heavy atom. The zero-order valence-electron chi connectivity index (χ0n) is 17.5. The highest BCUT2D eigenvalue weighted by Crippen LogP contribution is 2.30. The predicted octanol–water partition coefficient (Wildman–Crippen LogP) is 4.23. The van der Waals surface area contributed by atoms with Gasteiger partial charge < -0.3 is 5.11 Å². The fourth-order valence-electron chi connectivity index (χ4n) is 3.03. The summed E-state index contributed by atoms with van der Waals surface area (Å²) in [5.41, 5.74) is 0.915. The van der Waals surface area contributed by atoms with Crippen LogP contribution in [0.25, 0.3) is 0 Å². The van der Waals surface area contributed by atoms with Crippen LogP contribution >= 0.6 is 11.3 Å². The van der Waals surface area contributed by atoms with Crippen molar-refractivity contribution in [3.8, 4) is 0 Å². The van der Waals surface area contributed by atoms with Gasteiger partial charge in [-0.1, -0.05) is 27.7 Å². The van der Waals surface area contributed by atoms with Crippen molar-refractivity contribution >= 4 is 27.2 Å². The third-order valence-electron chi connectivity index (χ3n) is 4.47. The molecular weight excluding hydrogens is 413 g/mol. The summed E-state index contributed by atoms with van der Waals surface area (Å²) >= 11 is 1.07. The fourth-order valence-corrected chi connectivity index (χ4v) is 5.39. The fraction of sp³-hybridized carbons (Fsp3) is 0.500. The van der Waals surface area contributed by atoms with Gasteiger partial charge in [-0.15, -0.1) is 15.7 Å². The molecule has 0 spiro atoms. The van der Waals surface area contributed by atoms with Gasteiger partial charge in [-0.25, -0.2) is 13.7 Å². The number of carbonyl (C=O) groups excluding carboxylic acids is 1. The average molecular weight is 442 g/mol. The number of thiophene rings is 1. The second-order valence-electron chi connectivity index (χ2n) is 8.14. The third kappa shape index (κ3) is 5.48. The van der Waals surface area contributed by atoms with Gasteiger partial charge in [0.2, 0.25) is 0 Å².